The zero-order chi connectivity index (χ0) is 31.5. The van der Waals surface area contributed by atoms with Crippen molar-refractivity contribution in [1.29, 1.82) is 0 Å². The molecule has 0 saturated carbocycles. The van der Waals surface area contributed by atoms with E-state index in [0.717, 1.165) is 25.8 Å². The Morgan fingerprint density at radius 3 is 2.59 bits per heavy atom. The Hall–Kier alpha value is -3.79. The van der Waals surface area contributed by atoms with E-state index in [-0.39, 0.29) is 36.5 Å². The molecule has 0 fully saturated rings. The van der Waals surface area contributed by atoms with Crippen LogP contribution in [0.2, 0.25) is 0 Å². The van der Waals surface area contributed by atoms with Gasteiger partial charge < -0.3 is 24.8 Å². The second-order valence-electron chi connectivity index (χ2n) is 11.9. The van der Waals surface area contributed by atoms with E-state index in [1.807, 2.05) is 32.0 Å². The molecule has 236 valence electrons. The third kappa shape index (κ3) is 9.35. The number of aliphatic hydroxyl groups is 1. The molecule has 0 aliphatic carbocycles. The standard InChI is InChI=1S/C35H46N4O5/c1-25-21-39(26(2)24-40)35(42)31-20-30(37-34(41)29-11-6-5-7-12-29)13-14-32(31)44-27(3)10-8-9-19-43-33(25)23-38(4)22-28-15-17-36-18-16-28/h5-7,11-18,20,25-27,33,40H,8-10,19,21-24H2,1-4H3,(H,37,41)/t25-,26+,27+,33-/m1/s1. The number of carbonyl (C=O) groups excluding carboxylic acids is 2. The minimum atomic E-state index is -0.444. The van der Waals surface area contributed by atoms with Gasteiger partial charge in [0, 0.05) is 55.8 Å². The summed E-state index contributed by atoms with van der Waals surface area (Å²) in [5.41, 5.74) is 2.53. The highest BCUT2D eigenvalue weighted by Crippen LogP contribution is 2.29. The molecule has 2 aromatic carbocycles. The van der Waals surface area contributed by atoms with Crippen molar-refractivity contribution in [1.82, 2.24) is 14.8 Å². The van der Waals surface area contributed by atoms with Gasteiger partial charge in [0.25, 0.3) is 11.8 Å². The summed E-state index contributed by atoms with van der Waals surface area (Å²) in [5, 5.41) is 13.1. The number of carbonyl (C=O) groups is 2. The molecule has 3 aromatic rings. The number of amides is 2. The van der Waals surface area contributed by atoms with E-state index in [0.29, 0.717) is 42.3 Å². The summed E-state index contributed by atoms with van der Waals surface area (Å²) >= 11 is 0. The number of aliphatic hydroxyl groups excluding tert-OH is 1. The number of likely N-dealkylation sites (N-methyl/N-ethyl adjacent to an activating group) is 1. The minimum absolute atomic E-state index is 0.0277. The molecule has 0 unspecified atom stereocenters. The molecule has 0 bridgehead atoms. The number of nitrogens with zero attached hydrogens (tertiary/aromatic N) is 3. The van der Waals surface area contributed by atoms with Crippen LogP contribution in [0, 0.1) is 5.92 Å². The smallest absolute Gasteiger partial charge is 0.258 e. The van der Waals surface area contributed by atoms with Crippen molar-refractivity contribution in [3.05, 3.63) is 89.7 Å². The van der Waals surface area contributed by atoms with E-state index in [1.54, 1.807) is 59.8 Å². The first-order valence-electron chi connectivity index (χ1n) is 15.5. The molecule has 1 aromatic heterocycles. The van der Waals surface area contributed by atoms with Gasteiger partial charge >= 0.3 is 0 Å². The fourth-order valence-corrected chi connectivity index (χ4v) is 5.43. The van der Waals surface area contributed by atoms with Gasteiger partial charge in [-0.05, 0) is 88.2 Å². The summed E-state index contributed by atoms with van der Waals surface area (Å²) in [5.74, 6) is -0.0967. The summed E-state index contributed by atoms with van der Waals surface area (Å²) in [6.45, 7) is 8.18. The molecule has 4 rings (SSSR count). The van der Waals surface area contributed by atoms with Crippen molar-refractivity contribution >= 4 is 17.5 Å². The summed E-state index contributed by atoms with van der Waals surface area (Å²) in [4.78, 5) is 35.3. The molecule has 4 atom stereocenters. The maximum absolute atomic E-state index is 14.3. The predicted molar refractivity (Wildman–Crippen MR) is 172 cm³/mol. The molecule has 9 heteroatoms. The highest BCUT2D eigenvalue weighted by molar-refractivity contribution is 6.05. The maximum Gasteiger partial charge on any atom is 0.258 e. The zero-order valence-corrected chi connectivity index (χ0v) is 26.3. The summed E-state index contributed by atoms with van der Waals surface area (Å²) < 4.78 is 12.8. The van der Waals surface area contributed by atoms with E-state index in [4.69, 9.17) is 9.47 Å². The summed E-state index contributed by atoms with van der Waals surface area (Å²) in [6, 6.07) is 17.7. The molecule has 1 aliphatic heterocycles. The van der Waals surface area contributed by atoms with Crippen LogP contribution in [-0.2, 0) is 11.3 Å². The molecule has 0 radical (unpaired) electrons. The van der Waals surface area contributed by atoms with Gasteiger partial charge in [-0.2, -0.15) is 0 Å². The Balaban J connectivity index is 1.61. The molecular formula is C35H46N4O5. The quantitative estimate of drug-likeness (QED) is 0.363. The first-order valence-corrected chi connectivity index (χ1v) is 15.5. The molecule has 9 nitrogen and oxygen atoms in total. The van der Waals surface area contributed by atoms with Crippen molar-refractivity contribution in [2.45, 2.75) is 64.8 Å². The number of nitrogens with one attached hydrogen (secondary N) is 1. The van der Waals surface area contributed by atoms with Crippen molar-refractivity contribution in [3.63, 3.8) is 0 Å². The van der Waals surface area contributed by atoms with Crippen LogP contribution >= 0.6 is 0 Å². The Morgan fingerprint density at radius 1 is 1.11 bits per heavy atom. The lowest BCUT2D eigenvalue weighted by molar-refractivity contribution is -0.0177. The predicted octanol–water partition coefficient (Wildman–Crippen LogP) is 5.26. The monoisotopic (exact) mass is 602 g/mol. The third-order valence-electron chi connectivity index (χ3n) is 8.04. The van der Waals surface area contributed by atoms with Crippen LogP contribution in [0.1, 0.15) is 66.3 Å². The average molecular weight is 603 g/mol. The first kappa shape index (κ1) is 33.1. The fourth-order valence-electron chi connectivity index (χ4n) is 5.43. The van der Waals surface area contributed by atoms with Crippen LogP contribution in [0.4, 0.5) is 5.69 Å². The number of anilines is 1. The van der Waals surface area contributed by atoms with Gasteiger partial charge in [-0.15, -0.1) is 0 Å². The largest absolute Gasteiger partial charge is 0.490 e. The number of aromatic nitrogens is 1. The molecule has 2 N–H and O–H groups in total. The molecule has 0 saturated heterocycles. The van der Waals surface area contributed by atoms with Crippen molar-refractivity contribution in [2.75, 3.05) is 38.7 Å². The van der Waals surface area contributed by atoms with Gasteiger partial charge in [0.2, 0.25) is 0 Å². The lowest BCUT2D eigenvalue weighted by atomic mass is 10.0. The highest BCUT2D eigenvalue weighted by Gasteiger charge is 2.30. The Labute approximate surface area is 261 Å². The van der Waals surface area contributed by atoms with Crippen LogP contribution in [-0.4, -0.2) is 83.3 Å². The van der Waals surface area contributed by atoms with Crippen LogP contribution < -0.4 is 10.1 Å². The normalized spacial score (nSPS) is 20.7. The fraction of sp³-hybridized carbons (Fsp3) is 0.457. The lowest BCUT2D eigenvalue weighted by Gasteiger charge is -2.36. The number of hydrogen-bond donors (Lipinski definition) is 2. The van der Waals surface area contributed by atoms with Crippen LogP contribution in [0.25, 0.3) is 0 Å². The number of fused-ring (bicyclic) bond motifs is 1. The molecule has 0 spiro atoms. The number of benzene rings is 2. The molecule has 1 aliphatic rings. The molecular weight excluding hydrogens is 556 g/mol. The van der Waals surface area contributed by atoms with Gasteiger partial charge in [-0.25, -0.2) is 0 Å². The minimum Gasteiger partial charge on any atom is -0.490 e. The van der Waals surface area contributed by atoms with Gasteiger partial charge in [0.1, 0.15) is 5.75 Å². The van der Waals surface area contributed by atoms with Gasteiger partial charge in [0.15, 0.2) is 0 Å². The zero-order valence-electron chi connectivity index (χ0n) is 26.3. The van der Waals surface area contributed by atoms with Crippen LogP contribution in [0.3, 0.4) is 0 Å². The third-order valence-corrected chi connectivity index (χ3v) is 8.04. The van der Waals surface area contributed by atoms with Crippen molar-refractivity contribution < 1.29 is 24.2 Å². The van der Waals surface area contributed by atoms with E-state index in [1.165, 1.54) is 5.56 Å². The number of hydrogen-bond acceptors (Lipinski definition) is 7. The second-order valence-corrected chi connectivity index (χ2v) is 11.9. The molecule has 2 amide bonds. The lowest BCUT2D eigenvalue weighted by Crippen LogP contribution is -2.47. The Morgan fingerprint density at radius 2 is 1.86 bits per heavy atom. The molecule has 2 heterocycles. The number of pyridine rings is 1. The number of rotatable bonds is 8. The Kier molecular flexibility index (Phi) is 12.3. The van der Waals surface area contributed by atoms with E-state index >= 15 is 0 Å². The van der Waals surface area contributed by atoms with Crippen molar-refractivity contribution in [3.8, 4) is 5.75 Å². The van der Waals surface area contributed by atoms with E-state index in [9.17, 15) is 14.7 Å². The van der Waals surface area contributed by atoms with Crippen molar-refractivity contribution in [2.24, 2.45) is 5.92 Å². The first-order chi connectivity index (χ1) is 21.2. The topological polar surface area (TPSA) is 104 Å². The Bertz CT molecular complexity index is 1340. The second kappa shape index (κ2) is 16.3. The SMILES string of the molecule is C[C@@H]1CN([C@@H](C)CO)C(=O)c2cc(NC(=O)c3ccccc3)ccc2O[C@@H](C)CCCCO[C@@H]1CN(C)Cc1ccncc1. The summed E-state index contributed by atoms with van der Waals surface area (Å²) in [7, 11) is 2.07. The van der Waals surface area contributed by atoms with Gasteiger partial charge in [-0.3, -0.25) is 19.5 Å². The van der Waals surface area contributed by atoms with E-state index < -0.39 is 6.04 Å². The number of ether oxygens (including phenoxy) is 2. The van der Waals surface area contributed by atoms with Gasteiger partial charge in [0.05, 0.1) is 30.4 Å². The highest BCUT2D eigenvalue weighted by atomic mass is 16.5. The summed E-state index contributed by atoms with van der Waals surface area (Å²) in [6.07, 6.45) is 5.97. The molecule has 44 heavy (non-hydrogen) atoms. The van der Waals surface area contributed by atoms with Crippen LogP contribution in [0.5, 0.6) is 5.75 Å². The maximum atomic E-state index is 14.3. The average Bonchev–Trinajstić information content (AvgIpc) is 3.03. The van der Waals surface area contributed by atoms with E-state index in [2.05, 4.69) is 29.2 Å². The van der Waals surface area contributed by atoms with Gasteiger partial charge in [-0.1, -0.05) is 25.1 Å². The van der Waals surface area contributed by atoms with Crippen LogP contribution in [0.15, 0.2) is 73.1 Å².